The highest BCUT2D eigenvalue weighted by Crippen LogP contribution is 2.17. The van der Waals surface area contributed by atoms with E-state index in [4.69, 9.17) is 10.5 Å². The second-order valence-electron chi connectivity index (χ2n) is 5.32. The van der Waals surface area contributed by atoms with Gasteiger partial charge >= 0.3 is 5.97 Å². The average Bonchev–Trinajstić information content (AvgIpc) is 2.54. The summed E-state index contributed by atoms with van der Waals surface area (Å²) >= 11 is 0. The molecule has 5 heteroatoms. The Kier molecular flexibility index (Phi) is 5.36. The number of hydrogen-bond acceptors (Lipinski definition) is 4. The van der Waals surface area contributed by atoms with E-state index in [2.05, 4.69) is 5.32 Å². The zero-order valence-corrected chi connectivity index (χ0v) is 13.3. The topological polar surface area (TPSA) is 81.4 Å². The fourth-order valence-corrected chi connectivity index (χ4v) is 2.12. The van der Waals surface area contributed by atoms with Gasteiger partial charge in [0.25, 0.3) is 5.91 Å². The van der Waals surface area contributed by atoms with Crippen LogP contribution in [0.15, 0.2) is 42.5 Å². The Morgan fingerprint density at radius 2 is 1.74 bits per heavy atom. The number of ether oxygens (including phenoxy) is 1. The van der Waals surface area contributed by atoms with E-state index in [1.54, 1.807) is 25.1 Å². The van der Waals surface area contributed by atoms with E-state index < -0.39 is 5.97 Å². The highest BCUT2D eigenvalue weighted by Gasteiger charge is 2.14. The lowest BCUT2D eigenvalue weighted by molar-refractivity contribution is -0.124. The standard InChI is InChI=1S/C18H20N2O3/c1-12-6-3-4-8-14(12)10-20-16(21)11-23-18(22)15-9-5-7-13(2)17(15)19/h3-9H,10-11,19H2,1-2H3,(H,20,21). The molecule has 0 aliphatic rings. The number of nitrogen functional groups attached to an aromatic ring is 1. The summed E-state index contributed by atoms with van der Waals surface area (Å²) in [5.74, 6) is -0.954. The Hall–Kier alpha value is -2.82. The largest absolute Gasteiger partial charge is 0.452 e. The Bertz CT molecular complexity index is 726. The van der Waals surface area contributed by atoms with Gasteiger partial charge in [0, 0.05) is 12.2 Å². The first kappa shape index (κ1) is 16.5. The van der Waals surface area contributed by atoms with Gasteiger partial charge in [-0.15, -0.1) is 0 Å². The number of esters is 1. The number of nitrogens with one attached hydrogen (secondary N) is 1. The maximum Gasteiger partial charge on any atom is 0.340 e. The van der Waals surface area contributed by atoms with Crippen molar-refractivity contribution in [3.05, 3.63) is 64.7 Å². The highest BCUT2D eigenvalue weighted by atomic mass is 16.5. The SMILES string of the molecule is Cc1ccccc1CNC(=O)COC(=O)c1cccc(C)c1N. The monoisotopic (exact) mass is 312 g/mol. The Morgan fingerprint density at radius 1 is 1.04 bits per heavy atom. The molecule has 0 bridgehead atoms. The van der Waals surface area contributed by atoms with Crippen LogP contribution in [0.25, 0.3) is 0 Å². The first-order chi connectivity index (χ1) is 11.0. The summed E-state index contributed by atoms with van der Waals surface area (Å²) < 4.78 is 5.01. The third-order valence-electron chi connectivity index (χ3n) is 3.62. The van der Waals surface area contributed by atoms with Gasteiger partial charge in [0.1, 0.15) is 0 Å². The maximum absolute atomic E-state index is 12.0. The number of benzene rings is 2. The van der Waals surface area contributed by atoms with Crippen molar-refractivity contribution in [3.8, 4) is 0 Å². The van der Waals surface area contributed by atoms with Crippen LogP contribution in [0, 0.1) is 13.8 Å². The zero-order chi connectivity index (χ0) is 16.8. The highest BCUT2D eigenvalue weighted by molar-refractivity contribution is 5.96. The van der Waals surface area contributed by atoms with E-state index in [0.29, 0.717) is 12.2 Å². The molecule has 120 valence electrons. The summed E-state index contributed by atoms with van der Waals surface area (Å²) in [6.45, 7) is 3.84. The van der Waals surface area contributed by atoms with Crippen molar-refractivity contribution in [3.63, 3.8) is 0 Å². The van der Waals surface area contributed by atoms with Crippen LogP contribution in [0.3, 0.4) is 0 Å². The van der Waals surface area contributed by atoms with Crippen molar-refractivity contribution in [1.82, 2.24) is 5.32 Å². The molecule has 2 aromatic rings. The van der Waals surface area contributed by atoms with Crippen LogP contribution >= 0.6 is 0 Å². The molecule has 1 amide bonds. The number of aryl methyl sites for hydroxylation is 2. The molecule has 0 saturated heterocycles. The second kappa shape index (κ2) is 7.45. The molecular weight excluding hydrogens is 292 g/mol. The van der Waals surface area contributed by atoms with Gasteiger partial charge in [-0.3, -0.25) is 4.79 Å². The summed E-state index contributed by atoms with van der Waals surface area (Å²) in [4.78, 5) is 23.8. The average molecular weight is 312 g/mol. The van der Waals surface area contributed by atoms with Crippen LogP contribution in [0.5, 0.6) is 0 Å². The van der Waals surface area contributed by atoms with Gasteiger partial charge in [0.2, 0.25) is 0 Å². The molecule has 0 radical (unpaired) electrons. The molecule has 23 heavy (non-hydrogen) atoms. The summed E-state index contributed by atoms with van der Waals surface area (Å²) in [6.07, 6.45) is 0. The number of para-hydroxylation sites is 1. The number of rotatable bonds is 5. The van der Waals surface area contributed by atoms with Crippen molar-refractivity contribution in [2.45, 2.75) is 20.4 Å². The maximum atomic E-state index is 12.0. The predicted molar refractivity (Wildman–Crippen MR) is 88.9 cm³/mol. The van der Waals surface area contributed by atoms with Crippen LogP contribution < -0.4 is 11.1 Å². The normalized spacial score (nSPS) is 10.2. The molecule has 0 aromatic heterocycles. The molecule has 0 saturated carbocycles. The van der Waals surface area contributed by atoms with Crippen LogP contribution in [-0.4, -0.2) is 18.5 Å². The first-order valence-corrected chi connectivity index (χ1v) is 7.32. The quantitative estimate of drug-likeness (QED) is 0.656. The van der Waals surface area contributed by atoms with Gasteiger partial charge in [-0.25, -0.2) is 4.79 Å². The van der Waals surface area contributed by atoms with Crippen molar-refractivity contribution < 1.29 is 14.3 Å². The van der Waals surface area contributed by atoms with Crippen molar-refractivity contribution in [1.29, 1.82) is 0 Å². The Labute approximate surface area is 135 Å². The lowest BCUT2D eigenvalue weighted by Crippen LogP contribution is -2.28. The summed E-state index contributed by atoms with van der Waals surface area (Å²) in [5, 5.41) is 2.73. The minimum absolute atomic E-state index is 0.275. The number of hydrogen-bond donors (Lipinski definition) is 2. The summed E-state index contributed by atoms with van der Waals surface area (Å²) in [6, 6.07) is 12.9. The van der Waals surface area contributed by atoms with Gasteiger partial charge in [-0.2, -0.15) is 0 Å². The first-order valence-electron chi connectivity index (χ1n) is 7.32. The van der Waals surface area contributed by atoms with Crippen molar-refractivity contribution in [2.75, 3.05) is 12.3 Å². The Balaban J connectivity index is 1.86. The number of anilines is 1. The minimum Gasteiger partial charge on any atom is -0.452 e. The van der Waals surface area contributed by atoms with Gasteiger partial charge in [-0.1, -0.05) is 36.4 Å². The fourth-order valence-electron chi connectivity index (χ4n) is 2.12. The molecule has 2 rings (SSSR count). The summed E-state index contributed by atoms with van der Waals surface area (Å²) in [7, 11) is 0. The number of amides is 1. The molecule has 5 nitrogen and oxygen atoms in total. The number of nitrogens with two attached hydrogens (primary N) is 1. The number of carbonyl (C=O) groups is 2. The van der Waals surface area contributed by atoms with Gasteiger partial charge < -0.3 is 15.8 Å². The van der Waals surface area contributed by atoms with E-state index in [1.807, 2.05) is 31.2 Å². The van der Waals surface area contributed by atoms with Crippen molar-refractivity contribution >= 4 is 17.6 Å². The number of carbonyl (C=O) groups excluding carboxylic acids is 2. The fraction of sp³-hybridized carbons (Fsp3) is 0.222. The van der Waals surface area contributed by atoms with Crippen LogP contribution in [0.4, 0.5) is 5.69 Å². The lowest BCUT2D eigenvalue weighted by Gasteiger charge is -2.10. The molecule has 3 N–H and O–H groups in total. The molecule has 2 aromatic carbocycles. The van der Waals surface area contributed by atoms with E-state index >= 15 is 0 Å². The smallest absolute Gasteiger partial charge is 0.340 e. The van der Waals surface area contributed by atoms with E-state index in [-0.39, 0.29) is 18.1 Å². The van der Waals surface area contributed by atoms with Gasteiger partial charge in [0.05, 0.1) is 5.56 Å². The van der Waals surface area contributed by atoms with Crippen LogP contribution in [0.1, 0.15) is 27.0 Å². The summed E-state index contributed by atoms with van der Waals surface area (Å²) in [5.41, 5.74) is 9.40. The lowest BCUT2D eigenvalue weighted by atomic mass is 10.1. The van der Waals surface area contributed by atoms with Crippen molar-refractivity contribution in [2.24, 2.45) is 0 Å². The van der Waals surface area contributed by atoms with E-state index in [1.165, 1.54) is 0 Å². The van der Waals surface area contributed by atoms with Gasteiger partial charge in [0.15, 0.2) is 6.61 Å². The van der Waals surface area contributed by atoms with Crippen LogP contribution in [-0.2, 0) is 16.1 Å². The third kappa shape index (κ3) is 4.32. The Morgan fingerprint density at radius 3 is 2.48 bits per heavy atom. The predicted octanol–water partition coefficient (Wildman–Crippen LogP) is 2.36. The molecule has 0 aliphatic carbocycles. The molecule has 0 heterocycles. The minimum atomic E-state index is -0.600. The van der Waals surface area contributed by atoms with E-state index in [0.717, 1.165) is 16.7 Å². The molecular formula is C18H20N2O3. The molecule has 0 atom stereocenters. The zero-order valence-electron chi connectivity index (χ0n) is 13.3. The molecule has 0 fully saturated rings. The molecule has 0 unspecified atom stereocenters. The third-order valence-corrected chi connectivity index (χ3v) is 3.62. The van der Waals surface area contributed by atoms with Gasteiger partial charge in [-0.05, 0) is 36.6 Å². The molecule has 0 aliphatic heterocycles. The second-order valence-corrected chi connectivity index (χ2v) is 5.32. The van der Waals surface area contributed by atoms with E-state index in [9.17, 15) is 9.59 Å². The molecule has 0 spiro atoms. The van der Waals surface area contributed by atoms with Crippen LogP contribution in [0.2, 0.25) is 0 Å².